The fourth-order valence-corrected chi connectivity index (χ4v) is 4.52. The van der Waals surface area contributed by atoms with E-state index in [1.807, 2.05) is 0 Å². The summed E-state index contributed by atoms with van der Waals surface area (Å²) >= 11 is 0. The molecule has 2 aliphatic heterocycles. The molecule has 1 aliphatic carbocycles. The lowest BCUT2D eigenvalue weighted by Gasteiger charge is -2.39. The maximum absolute atomic E-state index is 12.6. The molecule has 1 saturated carbocycles. The minimum atomic E-state index is -0.00711. The highest BCUT2D eigenvalue weighted by Crippen LogP contribution is 2.25. The van der Waals surface area contributed by atoms with Crippen LogP contribution in [0.2, 0.25) is 0 Å². The van der Waals surface area contributed by atoms with Gasteiger partial charge in [0, 0.05) is 55.9 Å². The van der Waals surface area contributed by atoms with Crippen molar-refractivity contribution >= 4 is 18.3 Å². The molecule has 7 heteroatoms. The van der Waals surface area contributed by atoms with Gasteiger partial charge in [-0.15, -0.1) is 12.4 Å². The molecule has 1 aromatic heterocycles. The van der Waals surface area contributed by atoms with Gasteiger partial charge in [0.05, 0.1) is 0 Å². The Morgan fingerprint density at radius 3 is 2.64 bits per heavy atom. The highest BCUT2D eigenvalue weighted by atomic mass is 35.5. The van der Waals surface area contributed by atoms with Crippen molar-refractivity contribution in [3.05, 3.63) is 17.0 Å². The van der Waals surface area contributed by atoms with Gasteiger partial charge in [-0.05, 0) is 25.7 Å². The quantitative estimate of drug-likeness (QED) is 0.764. The number of aromatic nitrogens is 2. The predicted molar refractivity (Wildman–Crippen MR) is 100 cm³/mol. The number of piperidine rings is 1. The Bertz CT molecular complexity index is 576. The number of fused-ring (bicyclic) bond motifs is 1. The number of likely N-dealkylation sites (tertiary alicyclic amines) is 1. The fraction of sp³-hybridized carbons (Fsp3) is 0.778. The van der Waals surface area contributed by atoms with Crippen molar-refractivity contribution in [1.82, 2.24) is 25.7 Å². The second kappa shape index (κ2) is 8.52. The van der Waals surface area contributed by atoms with E-state index in [1.165, 1.54) is 32.1 Å². The summed E-state index contributed by atoms with van der Waals surface area (Å²) < 4.78 is 0. The van der Waals surface area contributed by atoms with Crippen molar-refractivity contribution in [2.45, 2.75) is 70.0 Å². The minimum absolute atomic E-state index is 0. The lowest BCUT2D eigenvalue weighted by atomic mass is 9.92. The van der Waals surface area contributed by atoms with Gasteiger partial charge in [0.15, 0.2) is 5.69 Å². The zero-order chi connectivity index (χ0) is 16.4. The number of amides is 1. The van der Waals surface area contributed by atoms with Gasteiger partial charge in [-0.25, -0.2) is 0 Å². The van der Waals surface area contributed by atoms with Gasteiger partial charge in [-0.3, -0.25) is 9.89 Å². The van der Waals surface area contributed by atoms with Gasteiger partial charge >= 0.3 is 0 Å². The first kappa shape index (κ1) is 18.7. The van der Waals surface area contributed by atoms with Crippen LogP contribution in [-0.2, 0) is 13.0 Å². The number of carbonyl (C=O) groups is 1. The van der Waals surface area contributed by atoms with Gasteiger partial charge in [-0.2, -0.15) is 5.10 Å². The van der Waals surface area contributed by atoms with Gasteiger partial charge in [0.25, 0.3) is 5.91 Å². The zero-order valence-electron chi connectivity index (χ0n) is 14.9. The summed E-state index contributed by atoms with van der Waals surface area (Å²) in [4.78, 5) is 15.2. The molecule has 1 saturated heterocycles. The highest BCUT2D eigenvalue weighted by Gasteiger charge is 2.28. The highest BCUT2D eigenvalue weighted by molar-refractivity contribution is 5.94. The molecule has 1 aromatic rings. The van der Waals surface area contributed by atoms with E-state index in [0.717, 1.165) is 62.7 Å². The van der Waals surface area contributed by atoms with Crippen molar-refractivity contribution in [3.63, 3.8) is 0 Å². The summed E-state index contributed by atoms with van der Waals surface area (Å²) in [5.41, 5.74) is 2.76. The van der Waals surface area contributed by atoms with Crippen LogP contribution < -0.4 is 10.6 Å². The number of hydrogen-bond donors (Lipinski definition) is 3. The molecule has 3 N–H and O–H groups in total. The van der Waals surface area contributed by atoms with Crippen LogP contribution in [0.15, 0.2) is 0 Å². The van der Waals surface area contributed by atoms with E-state index in [2.05, 4.69) is 25.7 Å². The molecule has 4 rings (SSSR count). The largest absolute Gasteiger partial charge is 0.348 e. The maximum atomic E-state index is 12.6. The topological polar surface area (TPSA) is 73.0 Å². The number of hydrogen-bond acceptors (Lipinski definition) is 4. The van der Waals surface area contributed by atoms with Crippen molar-refractivity contribution in [2.24, 2.45) is 0 Å². The summed E-state index contributed by atoms with van der Waals surface area (Å²) in [6.07, 6.45) is 9.97. The number of H-pyrrole nitrogens is 1. The van der Waals surface area contributed by atoms with Crippen molar-refractivity contribution in [2.75, 3.05) is 19.6 Å². The molecule has 25 heavy (non-hydrogen) atoms. The van der Waals surface area contributed by atoms with Crippen LogP contribution in [0.3, 0.4) is 0 Å². The SMILES string of the molecule is Cl.O=C(NC1CCN(C2CCCCC2)CC1)c1n[nH]c2c1CNCC2. The summed E-state index contributed by atoms with van der Waals surface area (Å²) in [6, 6.07) is 1.08. The third-order valence-electron chi connectivity index (χ3n) is 5.98. The lowest BCUT2D eigenvalue weighted by molar-refractivity contribution is 0.0860. The molecule has 0 aromatic carbocycles. The molecular formula is C18H30ClN5O. The molecule has 0 spiro atoms. The summed E-state index contributed by atoms with van der Waals surface area (Å²) in [5, 5.41) is 13.8. The van der Waals surface area contributed by atoms with Crippen molar-refractivity contribution < 1.29 is 4.79 Å². The number of nitrogens with one attached hydrogen (secondary N) is 3. The van der Waals surface area contributed by atoms with E-state index < -0.39 is 0 Å². The average molecular weight is 368 g/mol. The van der Waals surface area contributed by atoms with E-state index in [0.29, 0.717) is 11.7 Å². The predicted octanol–water partition coefficient (Wildman–Crippen LogP) is 2.00. The standard InChI is InChI=1S/C18H29N5O.ClH/c24-18(17-15-12-19-9-6-16(15)21-22-17)20-13-7-10-23(11-8-13)14-4-2-1-3-5-14;/h13-14,19H,1-12H2,(H,20,24)(H,21,22);1H. The van der Waals surface area contributed by atoms with Gasteiger partial charge in [0.1, 0.15) is 0 Å². The number of nitrogens with zero attached hydrogens (tertiary/aromatic N) is 2. The van der Waals surface area contributed by atoms with Crippen molar-refractivity contribution in [3.8, 4) is 0 Å². The van der Waals surface area contributed by atoms with Gasteiger partial charge in [0.2, 0.25) is 0 Å². The average Bonchev–Trinajstić information content (AvgIpc) is 3.07. The summed E-state index contributed by atoms with van der Waals surface area (Å²) in [7, 11) is 0. The summed E-state index contributed by atoms with van der Waals surface area (Å²) in [5.74, 6) is -0.00711. The zero-order valence-corrected chi connectivity index (χ0v) is 15.7. The van der Waals surface area contributed by atoms with Crippen LogP contribution in [0.4, 0.5) is 0 Å². The van der Waals surface area contributed by atoms with Crippen LogP contribution >= 0.6 is 12.4 Å². The van der Waals surface area contributed by atoms with Crippen molar-refractivity contribution in [1.29, 1.82) is 0 Å². The van der Waals surface area contributed by atoms with E-state index in [1.54, 1.807) is 0 Å². The molecule has 3 heterocycles. The van der Waals surface area contributed by atoms with E-state index in [9.17, 15) is 4.79 Å². The first-order chi connectivity index (χ1) is 11.8. The Kier molecular flexibility index (Phi) is 6.36. The van der Waals surface area contributed by atoms with Crippen LogP contribution in [-0.4, -0.2) is 52.7 Å². The van der Waals surface area contributed by atoms with E-state index >= 15 is 0 Å². The molecule has 0 atom stereocenters. The minimum Gasteiger partial charge on any atom is -0.348 e. The second-order valence-electron chi connectivity index (χ2n) is 7.53. The van der Waals surface area contributed by atoms with Crippen LogP contribution in [0.1, 0.15) is 66.7 Å². The lowest BCUT2D eigenvalue weighted by Crippen LogP contribution is -2.48. The van der Waals surface area contributed by atoms with E-state index in [4.69, 9.17) is 0 Å². The van der Waals surface area contributed by atoms with Gasteiger partial charge in [-0.1, -0.05) is 19.3 Å². The van der Waals surface area contributed by atoms with Crippen LogP contribution in [0.5, 0.6) is 0 Å². The Hall–Kier alpha value is -1.11. The molecule has 0 radical (unpaired) electrons. The number of carbonyl (C=O) groups excluding carboxylic acids is 1. The monoisotopic (exact) mass is 367 g/mol. The number of halogens is 1. The molecule has 140 valence electrons. The third kappa shape index (κ3) is 4.18. The number of rotatable bonds is 3. The fourth-order valence-electron chi connectivity index (χ4n) is 4.52. The van der Waals surface area contributed by atoms with Crippen LogP contribution in [0, 0.1) is 0 Å². The Morgan fingerprint density at radius 1 is 1.12 bits per heavy atom. The smallest absolute Gasteiger partial charge is 0.272 e. The molecule has 1 amide bonds. The molecule has 2 fully saturated rings. The molecule has 6 nitrogen and oxygen atoms in total. The molecular weight excluding hydrogens is 338 g/mol. The Labute approximate surface area is 155 Å². The Morgan fingerprint density at radius 2 is 1.88 bits per heavy atom. The Balaban J connectivity index is 0.00000182. The second-order valence-corrected chi connectivity index (χ2v) is 7.53. The summed E-state index contributed by atoms with van der Waals surface area (Å²) in [6.45, 7) is 3.94. The number of aromatic amines is 1. The van der Waals surface area contributed by atoms with E-state index in [-0.39, 0.29) is 18.3 Å². The molecule has 3 aliphatic rings. The van der Waals surface area contributed by atoms with Gasteiger partial charge < -0.3 is 15.5 Å². The maximum Gasteiger partial charge on any atom is 0.272 e. The first-order valence-corrected chi connectivity index (χ1v) is 9.63. The first-order valence-electron chi connectivity index (χ1n) is 9.63. The molecule has 0 unspecified atom stereocenters. The normalized spacial score (nSPS) is 22.9. The van der Waals surface area contributed by atoms with Crippen LogP contribution in [0.25, 0.3) is 0 Å². The third-order valence-corrected chi connectivity index (χ3v) is 5.98. The molecule has 0 bridgehead atoms.